The number of aromatic hydroxyl groups is 1. The summed E-state index contributed by atoms with van der Waals surface area (Å²) in [6.45, 7) is 0. The van der Waals surface area contributed by atoms with Gasteiger partial charge in [-0.15, -0.1) is 0 Å². The van der Waals surface area contributed by atoms with Crippen molar-refractivity contribution in [2.45, 2.75) is 0 Å². The van der Waals surface area contributed by atoms with E-state index < -0.39 is 4.92 Å². The molecule has 0 atom stereocenters. The second-order valence-corrected chi connectivity index (χ2v) is 5.24. The molecular weight excluding hydrogens is 419 g/mol. The molecule has 1 heterocycles. The third kappa shape index (κ3) is 3.53. The van der Waals surface area contributed by atoms with Crippen LogP contribution in [0.2, 0.25) is 0 Å². The SMILES string of the molecule is C[n+]1ccc(/C=C/c2ccc(O)c([N+](=O)[O-])c2)c2ccccc21.[I-]. The number of para-hydroxylation sites is 1. The molecule has 0 spiro atoms. The van der Waals surface area contributed by atoms with Gasteiger partial charge in [0.1, 0.15) is 7.05 Å². The lowest BCUT2D eigenvalue weighted by Crippen LogP contribution is -3.00. The molecule has 1 N–H and O–H groups in total. The summed E-state index contributed by atoms with van der Waals surface area (Å²) in [4.78, 5) is 10.3. The van der Waals surface area contributed by atoms with Gasteiger partial charge in [-0.05, 0) is 23.3 Å². The minimum absolute atomic E-state index is 0. The Balaban J connectivity index is 0.00000208. The first kappa shape index (κ1) is 17.9. The number of nitrogens with zero attached hydrogens (tertiary/aromatic N) is 2. The monoisotopic (exact) mass is 434 g/mol. The number of nitro groups is 1. The topological polar surface area (TPSA) is 67.2 Å². The molecule has 1 aromatic heterocycles. The first-order chi connectivity index (χ1) is 11.1. The number of nitro benzene ring substituents is 1. The second-order valence-electron chi connectivity index (χ2n) is 5.24. The van der Waals surface area contributed by atoms with Crippen molar-refractivity contribution in [3.8, 4) is 5.75 Å². The fourth-order valence-electron chi connectivity index (χ4n) is 2.51. The summed E-state index contributed by atoms with van der Waals surface area (Å²) in [6, 6.07) is 14.4. The zero-order valence-electron chi connectivity index (χ0n) is 12.9. The maximum atomic E-state index is 10.9. The van der Waals surface area contributed by atoms with E-state index in [1.807, 2.05) is 54.2 Å². The van der Waals surface area contributed by atoms with Crippen molar-refractivity contribution in [3.63, 3.8) is 0 Å². The minimum Gasteiger partial charge on any atom is -1.00 e. The molecule has 0 bridgehead atoms. The molecule has 0 unspecified atom stereocenters. The third-order valence-corrected chi connectivity index (χ3v) is 3.72. The molecule has 5 nitrogen and oxygen atoms in total. The molecule has 0 fully saturated rings. The quantitative estimate of drug-likeness (QED) is 0.282. The van der Waals surface area contributed by atoms with Crippen LogP contribution in [-0.2, 0) is 7.05 Å². The number of hydrogen-bond acceptors (Lipinski definition) is 3. The Morgan fingerprint density at radius 3 is 2.62 bits per heavy atom. The van der Waals surface area contributed by atoms with Crippen LogP contribution in [0, 0.1) is 10.1 Å². The number of hydrogen-bond donors (Lipinski definition) is 1. The summed E-state index contributed by atoms with van der Waals surface area (Å²) >= 11 is 0. The summed E-state index contributed by atoms with van der Waals surface area (Å²) in [5, 5.41) is 21.5. The Morgan fingerprint density at radius 1 is 1.12 bits per heavy atom. The first-order valence-electron chi connectivity index (χ1n) is 7.09. The predicted molar refractivity (Wildman–Crippen MR) is 88.8 cm³/mol. The average Bonchev–Trinajstić information content (AvgIpc) is 2.55. The average molecular weight is 434 g/mol. The fourth-order valence-corrected chi connectivity index (χ4v) is 2.51. The molecule has 0 amide bonds. The van der Waals surface area contributed by atoms with E-state index in [1.54, 1.807) is 12.1 Å². The summed E-state index contributed by atoms with van der Waals surface area (Å²) < 4.78 is 2.04. The van der Waals surface area contributed by atoms with Gasteiger partial charge in [0.05, 0.1) is 10.3 Å². The van der Waals surface area contributed by atoms with E-state index in [0.29, 0.717) is 5.56 Å². The van der Waals surface area contributed by atoms with Gasteiger partial charge < -0.3 is 29.1 Å². The van der Waals surface area contributed by atoms with Crippen LogP contribution in [0.25, 0.3) is 23.1 Å². The van der Waals surface area contributed by atoms with E-state index in [0.717, 1.165) is 16.5 Å². The van der Waals surface area contributed by atoms with Crippen molar-refractivity contribution >= 4 is 28.7 Å². The number of halogens is 1. The molecule has 0 aliphatic rings. The number of benzene rings is 2. The Kier molecular flexibility index (Phi) is 5.50. The summed E-state index contributed by atoms with van der Waals surface area (Å²) in [5.41, 5.74) is 2.49. The highest BCUT2D eigenvalue weighted by Crippen LogP contribution is 2.27. The number of phenolic OH excluding ortho intramolecular Hbond substituents is 1. The van der Waals surface area contributed by atoms with Crippen molar-refractivity contribution in [2.24, 2.45) is 7.05 Å². The van der Waals surface area contributed by atoms with Crippen molar-refractivity contribution in [1.82, 2.24) is 0 Å². The van der Waals surface area contributed by atoms with E-state index in [-0.39, 0.29) is 35.4 Å². The molecular formula is C18H15IN2O3. The highest BCUT2D eigenvalue weighted by molar-refractivity contribution is 5.88. The van der Waals surface area contributed by atoms with Gasteiger partial charge >= 0.3 is 5.69 Å². The van der Waals surface area contributed by atoms with Gasteiger partial charge in [0.25, 0.3) is 0 Å². The van der Waals surface area contributed by atoms with Gasteiger partial charge in [-0.25, -0.2) is 4.57 Å². The Hall–Kier alpha value is -2.48. The molecule has 24 heavy (non-hydrogen) atoms. The largest absolute Gasteiger partial charge is 1.00 e. The third-order valence-electron chi connectivity index (χ3n) is 3.72. The van der Waals surface area contributed by atoms with Crippen molar-refractivity contribution in [3.05, 3.63) is 76.0 Å². The first-order valence-corrected chi connectivity index (χ1v) is 7.09. The van der Waals surface area contributed by atoms with Crippen LogP contribution < -0.4 is 28.5 Å². The number of fused-ring (bicyclic) bond motifs is 1. The lowest BCUT2D eigenvalue weighted by Gasteiger charge is -2.01. The minimum atomic E-state index is -0.593. The van der Waals surface area contributed by atoms with Crippen molar-refractivity contribution in [1.29, 1.82) is 0 Å². The van der Waals surface area contributed by atoms with E-state index in [4.69, 9.17) is 0 Å². The van der Waals surface area contributed by atoms with E-state index in [2.05, 4.69) is 0 Å². The van der Waals surface area contributed by atoms with E-state index in [1.165, 1.54) is 12.1 Å². The van der Waals surface area contributed by atoms with E-state index >= 15 is 0 Å². The normalized spacial score (nSPS) is 10.7. The molecule has 0 aliphatic carbocycles. The fraction of sp³-hybridized carbons (Fsp3) is 0.0556. The summed E-state index contributed by atoms with van der Waals surface area (Å²) in [7, 11) is 1.99. The maximum absolute atomic E-state index is 10.9. The smallest absolute Gasteiger partial charge is 0.311 e. The summed E-state index contributed by atoms with van der Waals surface area (Å²) in [5.74, 6) is -0.329. The number of rotatable bonds is 3. The van der Waals surface area contributed by atoms with Gasteiger partial charge in [0.15, 0.2) is 11.9 Å². The molecule has 2 aromatic carbocycles. The highest BCUT2D eigenvalue weighted by Gasteiger charge is 2.12. The van der Waals surface area contributed by atoms with Gasteiger partial charge in [0, 0.05) is 18.2 Å². The van der Waals surface area contributed by atoms with Crippen LogP contribution in [0.5, 0.6) is 5.75 Å². The van der Waals surface area contributed by atoms with Gasteiger partial charge in [-0.1, -0.05) is 30.4 Å². The standard InChI is InChI=1S/C18H14N2O3.HI/c1-19-11-10-14(15-4-2-3-5-16(15)19)8-6-13-7-9-18(21)17(12-13)20(22)23;/h2-12H,1H3;1H. The maximum Gasteiger partial charge on any atom is 0.311 e. The van der Waals surface area contributed by atoms with Crippen LogP contribution >= 0.6 is 0 Å². The number of aryl methyl sites for hydroxylation is 1. The molecule has 122 valence electrons. The zero-order valence-corrected chi connectivity index (χ0v) is 15.0. The van der Waals surface area contributed by atoms with Crippen LogP contribution in [0.15, 0.2) is 54.7 Å². The van der Waals surface area contributed by atoms with Crippen LogP contribution in [-0.4, -0.2) is 10.0 Å². The van der Waals surface area contributed by atoms with E-state index in [9.17, 15) is 15.2 Å². The zero-order chi connectivity index (χ0) is 16.4. The summed E-state index contributed by atoms with van der Waals surface area (Å²) in [6.07, 6.45) is 5.69. The number of pyridine rings is 1. The van der Waals surface area contributed by atoms with Crippen LogP contribution in [0.4, 0.5) is 5.69 Å². The van der Waals surface area contributed by atoms with Crippen LogP contribution in [0.3, 0.4) is 0 Å². The van der Waals surface area contributed by atoms with Crippen molar-refractivity contribution in [2.75, 3.05) is 0 Å². The lowest BCUT2D eigenvalue weighted by molar-refractivity contribution is -0.644. The van der Waals surface area contributed by atoms with Crippen LogP contribution in [0.1, 0.15) is 11.1 Å². The predicted octanol–water partition coefficient (Wildman–Crippen LogP) is 0.452. The molecule has 3 aromatic rings. The molecule has 0 aliphatic heterocycles. The number of phenols is 1. The molecule has 0 radical (unpaired) electrons. The second kappa shape index (κ2) is 7.39. The molecule has 6 heteroatoms. The Labute approximate surface area is 156 Å². The number of aromatic nitrogens is 1. The lowest BCUT2D eigenvalue weighted by atomic mass is 10.1. The van der Waals surface area contributed by atoms with Crippen molar-refractivity contribution < 1.29 is 38.6 Å². The Bertz CT molecular complexity index is 939. The molecule has 3 rings (SSSR count). The highest BCUT2D eigenvalue weighted by atomic mass is 127. The Morgan fingerprint density at radius 2 is 1.88 bits per heavy atom. The molecule has 0 saturated heterocycles. The van der Waals surface area contributed by atoms with Gasteiger partial charge in [-0.3, -0.25) is 10.1 Å². The molecule has 0 saturated carbocycles. The van der Waals surface area contributed by atoms with Gasteiger partial charge in [-0.2, -0.15) is 0 Å². The van der Waals surface area contributed by atoms with Gasteiger partial charge in [0.2, 0.25) is 5.52 Å².